The van der Waals surface area contributed by atoms with Gasteiger partial charge < -0.3 is 19.9 Å². The van der Waals surface area contributed by atoms with E-state index in [2.05, 4.69) is 12.2 Å². The van der Waals surface area contributed by atoms with Crippen molar-refractivity contribution in [3.8, 4) is 0 Å². The Morgan fingerprint density at radius 1 is 1.48 bits per heavy atom. The van der Waals surface area contributed by atoms with Gasteiger partial charge in [-0.1, -0.05) is 6.92 Å². The van der Waals surface area contributed by atoms with E-state index in [1.165, 1.54) is 6.42 Å². The van der Waals surface area contributed by atoms with Gasteiger partial charge in [0, 0.05) is 31.7 Å². The van der Waals surface area contributed by atoms with Crippen molar-refractivity contribution < 1.29 is 24.2 Å². The largest absolute Gasteiger partial charge is 0.479 e. The number of nitrogens with one attached hydrogen (secondary N) is 1. The van der Waals surface area contributed by atoms with Crippen LogP contribution in [-0.2, 0) is 16.0 Å². The number of carboxylic acid groups (broad SMARTS) is 1. The SMILES string of the molecule is CC1CC1c1ccc(CCC(=O)NCC[C@H](O)C(=O)O)o1. The first-order chi connectivity index (χ1) is 9.97. The average Bonchev–Trinajstić information content (AvgIpc) is 2.99. The van der Waals surface area contributed by atoms with Crippen LogP contribution in [0.15, 0.2) is 16.5 Å². The fraction of sp³-hybridized carbons (Fsp3) is 0.600. The molecule has 1 amide bonds. The summed E-state index contributed by atoms with van der Waals surface area (Å²) < 4.78 is 5.70. The van der Waals surface area contributed by atoms with E-state index in [0.717, 1.165) is 11.5 Å². The highest BCUT2D eigenvalue weighted by Crippen LogP contribution is 2.47. The molecule has 3 N–H and O–H groups in total. The Bertz CT molecular complexity index is 510. The summed E-state index contributed by atoms with van der Waals surface area (Å²) in [5.41, 5.74) is 0. The van der Waals surface area contributed by atoms with Crippen molar-refractivity contribution in [3.63, 3.8) is 0 Å². The van der Waals surface area contributed by atoms with Crippen LogP contribution in [-0.4, -0.2) is 34.7 Å². The molecule has 0 spiro atoms. The van der Waals surface area contributed by atoms with Crippen LogP contribution in [0.3, 0.4) is 0 Å². The Kier molecular flexibility index (Phi) is 5.01. The second kappa shape index (κ2) is 6.76. The second-order valence-corrected chi connectivity index (χ2v) is 5.62. The van der Waals surface area contributed by atoms with E-state index in [0.29, 0.717) is 18.3 Å². The maximum atomic E-state index is 11.6. The number of amides is 1. The zero-order valence-corrected chi connectivity index (χ0v) is 12.0. The first kappa shape index (κ1) is 15.6. The molecule has 0 aliphatic heterocycles. The van der Waals surface area contributed by atoms with E-state index in [1.807, 2.05) is 12.1 Å². The van der Waals surface area contributed by atoms with Crippen molar-refractivity contribution in [2.75, 3.05) is 6.54 Å². The number of aryl methyl sites for hydroxylation is 1. The third-order valence-corrected chi connectivity index (χ3v) is 3.78. The van der Waals surface area contributed by atoms with Crippen molar-refractivity contribution in [2.24, 2.45) is 5.92 Å². The lowest BCUT2D eigenvalue weighted by atomic mass is 10.2. The van der Waals surface area contributed by atoms with E-state index in [-0.39, 0.29) is 25.3 Å². The summed E-state index contributed by atoms with van der Waals surface area (Å²) in [4.78, 5) is 22.0. The molecule has 2 rings (SSSR count). The number of furan rings is 1. The second-order valence-electron chi connectivity index (χ2n) is 5.62. The Morgan fingerprint density at radius 2 is 2.19 bits per heavy atom. The quantitative estimate of drug-likeness (QED) is 0.671. The minimum absolute atomic E-state index is 0.00550. The maximum Gasteiger partial charge on any atom is 0.332 e. The minimum atomic E-state index is -1.43. The van der Waals surface area contributed by atoms with Gasteiger partial charge in [-0.05, 0) is 24.5 Å². The van der Waals surface area contributed by atoms with Gasteiger partial charge in [0.1, 0.15) is 11.5 Å². The molecule has 1 saturated carbocycles. The van der Waals surface area contributed by atoms with Gasteiger partial charge in [0.2, 0.25) is 5.91 Å². The van der Waals surface area contributed by atoms with Gasteiger partial charge in [-0.25, -0.2) is 4.79 Å². The summed E-state index contributed by atoms with van der Waals surface area (Å²) in [6.45, 7) is 2.33. The van der Waals surface area contributed by atoms with Gasteiger partial charge in [-0.3, -0.25) is 4.79 Å². The smallest absolute Gasteiger partial charge is 0.332 e. The summed E-state index contributed by atoms with van der Waals surface area (Å²) in [5.74, 6) is 1.57. The third-order valence-electron chi connectivity index (χ3n) is 3.78. The molecule has 116 valence electrons. The standard InChI is InChI=1S/C15H21NO5/c1-9-8-11(9)13-4-2-10(21-13)3-5-14(18)16-7-6-12(17)15(19)20/h2,4,9,11-12,17H,3,5-8H2,1H3,(H,16,18)(H,19,20)/t9?,11?,12-/m0/s1. The molecule has 1 aromatic rings. The lowest BCUT2D eigenvalue weighted by molar-refractivity contribution is -0.147. The lowest BCUT2D eigenvalue weighted by Crippen LogP contribution is -2.30. The predicted molar refractivity (Wildman–Crippen MR) is 74.8 cm³/mol. The molecule has 6 nitrogen and oxygen atoms in total. The summed E-state index contributed by atoms with van der Waals surface area (Å²) >= 11 is 0. The maximum absolute atomic E-state index is 11.6. The molecule has 0 saturated heterocycles. The summed E-state index contributed by atoms with van der Waals surface area (Å²) in [6.07, 6.45) is 0.550. The van der Waals surface area contributed by atoms with E-state index >= 15 is 0 Å². The van der Waals surface area contributed by atoms with Gasteiger partial charge >= 0.3 is 5.97 Å². The van der Waals surface area contributed by atoms with Crippen LogP contribution in [0.25, 0.3) is 0 Å². The number of aliphatic carboxylic acids is 1. The number of aliphatic hydroxyl groups excluding tert-OH is 1. The molecule has 6 heteroatoms. The molecule has 3 atom stereocenters. The molecule has 2 unspecified atom stereocenters. The highest BCUT2D eigenvalue weighted by molar-refractivity contribution is 5.76. The lowest BCUT2D eigenvalue weighted by Gasteiger charge is -2.06. The van der Waals surface area contributed by atoms with Crippen LogP contribution in [0.4, 0.5) is 0 Å². The van der Waals surface area contributed by atoms with Crippen LogP contribution in [0, 0.1) is 5.92 Å². The number of carbonyl (C=O) groups is 2. The van der Waals surface area contributed by atoms with Gasteiger partial charge in [-0.2, -0.15) is 0 Å². The Balaban J connectivity index is 1.64. The van der Waals surface area contributed by atoms with Gasteiger partial charge in [-0.15, -0.1) is 0 Å². The zero-order valence-electron chi connectivity index (χ0n) is 12.0. The monoisotopic (exact) mass is 295 g/mol. The molecule has 1 aliphatic carbocycles. The first-order valence-electron chi connectivity index (χ1n) is 7.23. The molecule has 1 aromatic heterocycles. The fourth-order valence-electron chi connectivity index (χ4n) is 2.24. The van der Waals surface area contributed by atoms with Crippen molar-refractivity contribution in [2.45, 2.75) is 44.6 Å². The van der Waals surface area contributed by atoms with Gasteiger partial charge in [0.25, 0.3) is 0 Å². The van der Waals surface area contributed by atoms with Crippen molar-refractivity contribution in [1.29, 1.82) is 0 Å². The number of carboxylic acids is 1. The number of rotatable bonds is 8. The van der Waals surface area contributed by atoms with Crippen molar-refractivity contribution in [3.05, 3.63) is 23.7 Å². The van der Waals surface area contributed by atoms with Crippen molar-refractivity contribution >= 4 is 11.9 Å². The molecule has 0 radical (unpaired) electrons. The molecule has 1 heterocycles. The molecular formula is C15H21NO5. The normalized spacial score (nSPS) is 21.8. The van der Waals surface area contributed by atoms with Crippen LogP contribution >= 0.6 is 0 Å². The third kappa shape index (κ3) is 4.60. The van der Waals surface area contributed by atoms with E-state index in [9.17, 15) is 9.59 Å². The molecule has 1 fully saturated rings. The van der Waals surface area contributed by atoms with E-state index in [4.69, 9.17) is 14.6 Å². The van der Waals surface area contributed by atoms with E-state index in [1.54, 1.807) is 0 Å². The Labute approximate surface area is 123 Å². The zero-order chi connectivity index (χ0) is 15.4. The molecule has 0 aromatic carbocycles. The predicted octanol–water partition coefficient (Wildman–Crippen LogP) is 1.29. The Morgan fingerprint density at radius 3 is 2.81 bits per heavy atom. The van der Waals surface area contributed by atoms with Crippen LogP contribution < -0.4 is 5.32 Å². The summed E-state index contributed by atoms with van der Waals surface area (Å²) in [6, 6.07) is 3.88. The number of aliphatic hydroxyl groups is 1. The van der Waals surface area contributed by atoms with Gasteiger partial charge in [0.05, 0.1) is 0 Å². The van der Waals surface area contributed by atoms with Crippen LogP contribution in [0.2, 0.25) is 0 Å². The molecule has 1 aliphatic rings. The highest BCUT2D eigenvalue weighted by Gasteiger charge is 2.36. The first-order valence-corrected chi connectivity index (χ1v) is 7.23. The molecule has 21 heavy (non-hydrogen) atoms. The minimum Gasteiger partial charge on any atom is -0.479 e. The Hall–Kier alpha value is -1.82. The number of carbonyl (C=O) groups excluding carboxylic acids is 1. The van der Waals surface area contributed by atoms with Crippen LogP contribution in [0.5, 0.6) is 0 Å². The topological polar surface area (TPSA) is 99.8 Å². The number of hydrogen-bond donors (Lipinski definition) is 3. The van der Waals surface area contributed by atoms with Crippen LogP contribution in [0.1, 0.15) is 43.6 Å². The highest BCUT2D eigenvalue weighted by atomic mass is 16.4. The van der Waals surface area contributed by atoms with E-state index < -0.39 is 12.1 Å². The average molecular weight is 295 g/mol. The van der Waals surface area contributed by atoms with Crippen molar-refractivity contribution in [1.82, 2.24) is 5.32 Å². The fourth-order valence-corrected chi connectivity index (χ4v) is 2.24. The molecular weight excluding hydrogens is 274 g/mol. The number of hydrogen-bond acceptors (Lipinski definition) is 4. The van der Waals surface area contributed by atoms with Gasteiger partial charge in [0.15, 0.2) is 6.10 Å². The summed E-state index contributed by atoms with van der Waals surface area (Å²) in [5, 5.41) is 20.1. The molecule has 0 bridgehead atoms. The summed E-state index contributed by atoms with van der Waals surface area (Å²) in [7, 11) is 0.